The Bertz CT molecular complexity index is 556. The standard InChI is InChI=1S/C14H15NO4S/c1-19-14(18)4-5-20-8-12(16)9-2-3-11-10(6-9)7-13(17)15-11/h2-3,6H,4-5,7-8H2,1H3,(H,15,17). The van der Waals surface area contributed by atoms with Crippen LogP contribution in [-0.4, -0.2) is 36.3 Å². The van der Waals surface area contributed by atoms with Gasteiger partial charge in [-0.3, -0.25) is 14.4 Å². The van der Waals surface area contributed by atoms with Crippen LogP contribution in [0.3, 0.4) is 0 Å². The van der Waals surface area contributed by atoms with Gasteiger partial charge in [-0.15, -0.1) is 0 Å². The minimum absolute atomic E-state index is 0.00187. The molecular weight excluding hydrogens is 278 g/mol. The van der Waals surface area contributed by atoms with Gasteiger partial charge in [0.1, 0.15) is 0 Å². The largest absolute Gasteiger partial charge is 0.469 e. The lowest BCUT2D eigenvalue weighted by Gasteiger charge is -2.04. The van der Waals surface area contributed by atoms with Crippen LogP contribution < -0.4 is 5.32 Å². The molecule has 1 aliphatic heterocycles. The van der Waals surface area contributed by atoms with E-state index in [9.17, 15) is 14.4 Å². The van der Waals surface area contributed by atoms with Crippen molar-refractivity contribution in [3.05, 3.63) is 29.3 Å². The average molecular weight is 293 g/mol. The molecule has 0 atom stereocenters. The Morgan fingerprint density at radius 2 is 2.20 bits per heavy atom. The third-order valence-corrected chi connectivity index (χ3v) is 3.92. The van der Waals surface area contributed by atoms with Gasteiger partial charge in [-0.2, -0.15) is 11.8 Å². The molecule has 6 heteroatoms. The van der Waals surface area contributed by atoms with Gasteiger partial charge in [0.15, 0.2) is 5.78 Å². The number of amides is 1. The fraction of sp³-hybridized carbons (Fsp3) is 0.357. The fourth-order valence-electron chi connectivity index (χ4n) is 1.91. The number of carbonyl (C=O) groups excluding carboxylic acids is 3. The average Bonchev–Trinajstić information content (AvgIpc) is 2.81. The SMILES string of the molecule is COC(=O)CCSCC(=O)c1ccc2c(c1)CC(=O)N2. The van der Waals surface area contributed by atoms with E-state index in [-0.39, 0.29) is 17.7 Å². The first-order chi connectivity index (χ1) is 9.60. The number of ether oxygens (including phenoxy) is 1. The summed E-state index contributed by atoms with van der Waals surface area (Å²) in [6.45, 7) is 0. The number of carbonyl (C=O) groups is 3. The van der Waals surface area contributed by atoms with E-state index in [0.29, 0.717) is 29.9 Å². The summed E-state index contributed by atoms with van der Waals surface area (Å²) in [6, 6.07) is 5.23. The van der Waals surface area contributed by atoms with Crippen LogP contribution in [0.15, 0.2) is 18.2 Å². The first-order valence-electron chi connectivity index (χ1n) is 6.20. The van der Waals surface area contributed by atoms with Gasteiger partial charge in [0.05, 0.1) is 25.7 Å². The molecule has 0 unspecified atom stereocenters. The van der Waals surface area contributed by atoms with Crippen molar-refractivity contribution in [1.29, 1.82) is 0 Å². The lowest BCUT2D eigenvalue weighted by Crippen LogP contribution is -2.06. The van der Waals surface area contributed by atoms with E-state index in [0.717, 1.165) is 11.3 Å². The molecule has 2 rings (SSSR count). The van der Waals surface area contributed by atoms with Crippen molar-refractivity contribution in [3.63, 3.8) is 0 Å². The van der Waals surface area contributed by atoms with Gasteiger partial charge in [-0.25, -0.2) is 0 Å². The third kappa shape index (κ3) is 3.60. The van der Waals surface area contributed by atoms with Crippen LogP contribution >= 0.6 is 11.8 Å². The van der Waals surface area contributed by atoms with Crippen molar-refractivity contribution in [2.75, 3.05) is 23.9 Å². The van der Waals surface area contributed by atoms with E-state index in [1.165, 1.54) is 18.9 Å². The summed E-state index contributed by atoms with van der Waals surface area (Å²) in [5, 5.41) is 2.73. The number of anilines is 1. The van der Waals surface area contributed by atoms with Crippen LogP contribution in [0.4, 0.5) is 5.69 Å². The normalized spacial score (nSPS) is 12.8. The molecule has 0 radical (unpaired) electrons. The number of hydrogen-bond acceptors (Lipinski definition) is 5. The minimum atomic E-state index is -0.271. The number of thioether (sulfide) groups is 1. The smallest absolute Gasteiger partial charge is 0.306 e. The second-order valence-electron chi connectivity index (χ2n) is 4.40. The third-order valence-electron chi connectivity index (χ3n) is 2.96. The zero-order valence-electron chi connectivity index (χ0n) is 11.1. The van der Waals surface area contributed by atoms with Gasteiger partial charge in [-0.05, 0) is 23.8 Å². The van der Waals surface area contributed by atoms with Gasteiger partial charge in [0, 0.05) is 17.0 Å². The van der Waals surface area contributed by atoms with Crippen LogP contribution in [0.25, 0.3) is 0 Å². The molecule has 0 aliphatic carbocycles. The van der Waals surface area contributed by atoms with Crippen molar-refractivity contribution >= 4 is 35.1 Å². The Morgan fingerprint density at radius 3 is 2.95 bits per heavy atom. The second-order valence-corrected chi connectivity index (χ2v) is 5.50. The number of nitrogens with one attached hydrogen (secondary N) is 1. The predicted molar refractivity (Wildman–Crippen MR) is 77.1 cm³/mol. The Kier molecular flexibility index (Phi) is 4.79. The first kappa shape index (κ1) is 14.6. The zero-order valence-corrected chi connectivity index (χ0v) is 11.9. The highest BCUT2D eigenvalue weighted by Gasteiger charge is 2.19. The molecule has 0 spiro atoms. The molecule has 5 nitrogen and oxygen atoms in total. The van der Waals surface area contributed by atoms with Crippen LogP contribution in [0.2, 0.25) is 0 Å². The van der Waals surface area contributed by atoms with Crippen LogP contribution in [-0.2, 0) is 20.7 Å². The predicted octanol–water partition coefficient (Wildman–Crippen LogP) is 1.66. The van der Waals surface area contributed by atoms with Gasteiger partial charge in [0.25, 0.3) is 0 Å². The molecule has 1 amide bonds. The first-order valence-corrected chi connectivity index (χ1v) is 7.36. The number of ketones is 1. The van der Waals surface area contributed by atoms with Crippen molar-refractivity contribution < 1.29 is 19.1 Å². The summed E-state index contributed by atoms with van der Waals surface area (Å²) in [6.07, 6.45) is 0.628. The molecule has 1 N–H and O–H groups in total. The Balaban J connectivity index is 1.86. The number of benzene rings is 1. The summed E-state index contributed by atoms with van der Waals surface area (Å²) < 4.78 is 4.53. The fourth-order valence-corrected chi connectivity index (χ4v) is 2.72. The molecule has 0 saturated heterocycles. The van der Waals surface area contributed by atoms with Crippen molar-refractivity contribution in [3.8, 4) is 0 Å². The van der Waals surface area contributed by atoms with Gasteiger partial charge in [-0.1, -0.05) is 0 Å². The highest BCUT2D eigenvalue weighted by atomic mass is 32.2. The van der Waals surface area contributed by atoms with Crippen LogP contribution in [0, 0.1) is 0 Å². The molecule has 0 saturated carbocycles. The van der Waals surface area contributed by atoms with Gasteiger partial charge in [0.2, 0.25) is 5.91 Å². The van der Waals surface area contributed by atoms with Gasteiger partial charge >= 0.3 is 5.97 Å². The van der Waals surface area contributed by atoms with E-state index in [2.05, 4.69) is 10.1 Å². The van der Waals surface area contributed by atoms with Crippen molar-refractivity contribution in [2.24, 2.45) is 0 Å². The van der Waals surface area contributed by atoms with E-state index in [4.69, 9.17) is 0 Å². The number of Topliss-reactive ketones (excluding diaryl/α,β-unsaturated/α-hetero) is 1. The lowest BCUT2D eigenvalue weighted by atomic mass is 10.1. The molecule has 0 fully saturated rings. The summed E-state index contributed by atoms with van der Waals surface area (Å²) in [4.78, 5) is 34.2. The van der Waals surface area contributed by atoms with Gasteiger partial charge < -0.3 is 10.1 Å². The Labute approximate surface area is 121 Å². The lowest BCUT2D eigenvalue weighted by molar-refractivity contribution is -0.140. The van der Waals surface area contributed by atoms with Crippen molar-refractivity contribution in [2.45, 2.75) is 12.8 Å². The van der Waals surface area contributed by atoms with Crippen molar-refractivity contribution in [1.82, 2.24) is 0 Å². The zero-order chi connectivity index (χ0) is 14.5. The van der Waals surface area contributed by atoms with E-state index >= 15 is 0 Å². The second kappa shape index (κ2) is 6.56. The molecular formula is C14H15NO4S. The monoisotopic (exact) mass is 293 g/mol. The molecule has 0 aromatic heterocycles. The maximum absolute atomic E-state index is 12.0. The van der Waals surface area contributed by atoms with Crippen LogP contribution in [0.1, 0.15) is 22.3 Å². The number of hydrogen-bond donors (Lipinski definition) is 1. The van der Waals surface area contributed by atoms with E-state index in [1.54, 1.807) is 18.2 Å². The molecule has 1 heterocycles. The highest BCUT2D eigenvalue weighted by molar-refractivity contribution is 8.00. The minimum Gasteiger partial charge on any atom is -0.469 e. The Morgan fingerprint density at radius 1 is 1.40 bits per heavy atom. The number of fused-ring (bicyclic) bond motifs is 1. The quantitative estimate of drug-likeness (QED) is 0.490. The summed E-state index contributed by atoms with van der Waals surface area (Å²) in [5.74, 6) is 0.562. The highest BCUT2D eigenvalue weighted by Crippen LogP contribution is 2.24. The number of methoxy groups -OCH3 is 1. The molecule has 1 aliphatic rings. The Hall–Kier alpha value is -1.82. The molecule has 0 bridgehead atoms. The summed E-state index contributed by atoms with van der Waals surface area (Å²) >= 11 is 1.40. The maximum Gasteiger partial charge on any atom is 0.306 e. The van der Waals surface area contributed by atoms with E-state index < -0.39 is 0 Å². The molecule has 20 heavy (non-hydrogen) atoms. The number of esters is 1. The van der Waals surface area contributed by atoms with Crippen LogP contribution in [0.5, 0.6) is 0 Å². The van der Waals surface area contributed by atoms with E-state index in [1.807, 2.05) is 0 Å². The maximum atomic E-state index is 12.0. The molecule has 1 aromatic carbocycles. The summed E-state index contributed by atoms with van der Waals surface area (Å²) in [5.41, 5.74) is 2.25. The summed E-state index contributed by atoms with van der Waals surface area (Å²) in [7, 11) is 1.35. The topological polar surface area (TPSA) is 72.5 Å². The number of rotatable bonds is 6. The molecule has 106 valence electrons. The molecule has 1 aromatic rings.